The number of carbonyl (C=O) groups is 2. The number of carbonyl (C=O) groups excluding carboxylic acids is 2. The molecule has 0 aromatic carbocycles. The molecule has 0 unspecified atom stereocenters. The molecule has 5 heteroatoms. The fourth-order valence-corrected chi connectivity index (χ4v) is 2.44. The number of rotatable bonds is 4. The standard InChI is InChI=1S/C13H18N2O3/c1-9-6-10(9)12(17)18-7-11(16)15-13(8-14)4-2-3-5-13/h9-10H,2-7H2,1H3,(H,15,16)/t9-,10+/m1/s1. The first kappa shape index (κ1) is 12.9. The highest BCUT2D eigenvalue weighted by Gasteiger charge is 2.41. The van der Waals surface area contributed by atoms with Crippen LogP contribution in [0.15, 0.2) is 0 Å². The minimum Gasteiger partial charge on any atom is -0.455 e. The highest BCUT2D eigenvalue weighted by molar-refractivity contribution is 5.83. The van der Waals surface area contributed by atoms with Crippen LogP contribution in [0.1, 0.15) is 39.0 Å². The molecule has 2 fully saturated rings. The summed E-state index contributed by atoms with van der Waals surface area (Å²) in [6, 6.07) is 2.17. The van der Waals surface area contributed by atoms with Crippen LogP contribution in [0.2, 0.25) is 0 Å². The van der Waals surface area contributed by atoms with E-state index in [1.165, 1.54) is 0 Å². The van der Waals surface area contributed by atoms with Crippen molar-refractivity contribution in [3.8, 4) is 6.07 Å². The van der Waals surface area contributed by atoms with E-state index in [2.05, 4.69) is 11.4 Å². The van der Waals surface area contributed by atoms with E-state index in [0.29, 0.717) is 18.8 Å². The Morgan fingerprint density at radius 2 is 2.06 bits per heavy atom. The Morgan fingerprint density at radius 1 is 1.44 bits per heavy atom. The summed E-state index contributed by atoms with van der Waals surface area (Å²) in [5.74, 6) is -0.328. The van der Waals surface area contributed by atoms with Gasteiger partial charge >= 0.3 is 5.97 Å². The normalized spacial score (nSPS) is 28.2. The van der Waals surface area contributed by atoms with Crippen molar-refractivity contribution < 1.29 is 14.3 Å². The van der Waals surface area contributed by atoms with Crippen molar-refractivity contribution in [3.05, 3.63) is 0 Å². The summed E-state index contributed by atoms with van der Waals surface area (Å²) in [6.07, 6.45) is 4.12. The fourth-order valence-electron chi connectivity index (χ4n) is 2.44. The van der Waals surface area contributed by atoms with E-state index in [4.69, 9.17) is 10.00 Å². The smallest absolute Gasteiger partial charge is 0.309 e. The number of hydrogen-bond acceptors (Lipinski definition) is 4. The van der Waals surface area contributed by atoms with Crippen LogP contribution in [0.5, 0.6) is 0 Å². The van der Waals surface area contributed by atoms with Gasteiger partial charge in [-0.1, -0.05) is 6.92 Å². The van der Waals surface area contributed by atoms with Gasteiger partial charge in [0.15, 0.2) is 6.61 Å². The number of hydrogen-bond donors (Lipinski definition) is 1. The van der Waals surface area contributed by atoms with Crippen molar-refractivity contribution in [3.63, 3.8) is 0 Å². The van der Waals surface area contributed by atoms with Gasteiger partial charge in [0, 0.05) is 0 Å². The summed E-state index contributed by atoms with van der Waals surface area (Å²) in [4.78, 5) is 23.1. The zero-order valence-electron chi connectivity index (χ0n) is 10.6. The number of nitrogens with one attached hydrogen (secondary N) is 1. The minimum atomic E-state index is -0.740. The maximum Gasteiger partial charge on any atom is 0.309 e. The van der Waals surface area contributed by atoms with Crippen LogP contribution in [0.4, 0.5) is 0 Å². The molecule has 0 bridgehead atoms. The molecule has 0 aromatic heterocycles. The Kier molecular flexibility index (Phi) is 3.55. The van der Waals surface area contributed by atoms with E-state index in [9.17, 15) is 9.59 Å². The predicted octanol–water partition coefficient (Wildman–Crippen LogP) is 1.14. The van der Waals surface area contributed by atoms with Crippen molar-refractivity contribution in [1.29, 1.82) is 5.26 Å². The first-order valence-corrected chi connectivity index (χ1v) is 6.45. The van der Waals surface area contributed by atoms with E-state index in [-0.39, 0.29) is 24.4 Å². The van der Waals surface area contributed by atoms with Gasteiger partial charge in [-0.25, -0.2) is 0 Å². The van der Waals surface area contributed by atoms with Gasteiger partial charge < -0.3 is 10.1 Å². The van der Waals surface area contributed by atoms with Crippen molar-refractivity contribution in [1.82, 2.24) is 5.32 Å². The Labute approximate surface area is 106 Å². The van der Waals surface area contributed by atoms with E-state index in [1.54, 1.807) is 0 Å². The van der Waals surface area contributed by atoms with Gasteiger partial charge in [-0.2, -0.15) is 5.26 Å². The molecule has 98 valence electrons. The first-order chi connectivity index (χ1) is 8.56. The topological polar surface area (TPSA) is 79.2 Å². The zero-order valence-corrected chi connectivity index (χ0v) is 10.6. The number of esters is 1. The maximum atomic E-state index is 11.7. The molecule has 2 atom stereocenters. The minimum absolute atomic E-state index is 0.0331. The molecular formula is C13H18N2O3. The molecule has 2 aliphatic rings. The van der Waals surface area contributed by atoms with Gasteiger partial charge in [0.25, 0.3) is 5.91 Å². The second-order valence-corrected chi connectivity index (χ2v) is 5.38. The third kappa shape index (κ3) is 2.81. The maximum absolute atomic E-state index is 11.7. The molecule has 0 heterocycles. The summed E-state index contributed by atoms with van der Waals surface area (Å²) in [5.41, 5.74) is -0.740. The molecular weight excluding hydrogens is 232 g/mol. The molecule has 1 amide bonds. The van der Waals surface area contributed by atoms with Gasteiger partial charge in [0.1, 0.15) is 5.54 Å². The SMILES string of the molecule is C[C@@H]1C[C@@H]1C(=O)OCC(=O)NC1(C#N)CCCC1. The molecule has 0 saturated heterocycles. The molecule has 2 aliphatic carbocycles. The summed E-state index contributed by atoms with van der Waals surface area (Å²) in [7, 11) is 0. The summed E-state index contributed by atoms with van der Waals surface area (Å²) in [6.45, 7) is 1.71. The van der Waals surface area contributed by atoms with Gasteiger partial charge in [-0.3, -0.25) is 9.59 Å². The van der Waals surface area contributed by atoms with Crippen molar-refractivity contribution in [2.75, 3.05) is 6.61 Å². The monoisotopic (exact) mass is 250 g/mol. The van der Waals surface area contributed by atoms with Crippen LogP contribution in [-0.4, -0.2) is 24.0 Å². The number of nitriles is 1. The zero-order chi connectivity index (χ0) is 13.2. The molecule has 0 spiro atoms. The molecule has 1 N–H and O–H groups in total. The lowest BCUT2D eigenvalue weighted by atomic mass is 10.00. The Hall–Kier alpha value is -1.57. The van der Waals surface area contributed by atoms with E-state index in [0.717, 1.165) is 19.3 Å². The van der Waals surface area contributed by atoms with Crippen LogP contribution in [0.25, 0.3) is 0 Å². The molecule has 0 aliphatic heterocycles. The highest BCUT2D eigenvalue weighted by atomic mass is 16.5. The average molecular weight is 250 g/mol. The average Bonchev–Trinajstić information content (AvgIpc) is 2.90. The summed E-state index contributed by atoms with van der Waals surface area (Å²) in [5, 5.41) is 11.8. The van der Waals surface area contributed by atoms with Crippen LogP contribution >= 0.6 is 0 Å². The number of nitrogens with zero attached hydrogens (tertiary/aromatic N) is 1. The molecule has 5 nitrogen and oxygen atoms in total. The van der Waals surface area contributed by atoms with Crippen molar-refractivity contribution in [2.45, 2.75) is 44.6 Å². The largest absolute Gasteiger partial charge is 0.455 e. The fraction of sp³-hybridized carbons (Fsp3) is 0.769. The van der Waals surface area contributed by atoms with E-state index in [1.807, 2.05) is 6.92 Å². The predicted molar refractivity (Wildman–Crippen MR) is 63.2 cm³/mol. The van der Waals surface area contributed by atoms with Gasteiger partial charge in [0.05, 0.1) is 12.0 Å². The van der Waals surface area contributed by atoms with Crippen LogP contribution < -0.4 is 5.32 Å². The van der Waals surface area contributed by atoms with Crippen molar-refractivity contribution in [2.24, 2.45) is 11.8 Å². The Bertz CT molecular complexity index is 394. The van der Waals surface area contributed by atoms with Gasteiger partial charge in [-0.05, 0) is 38.0 Å². The molecule has 0 aromatic rings. The van der Waals surface area contributed by atoms with Gasteiger partial charge in [-0.15, -0.1) is 0 Å². The molecule has 2 saturated carbocycles. The van der Waals surface area contributed by atoms with Crippen LogP contribution in [0, 0.1) is 23.2 Å². The third-order valence-corrected chi connectivity index (χ3v) is 3.81. The summed E-state index contributed by atoms with van der Waals surface area (Å²) < 4.78 is 4.94. The van der Waals surface area contributed by atoms with Crippen LogP contribution in [0.3, 0.4) is 0 Å². The second-order valence-electron chi connectivity index (χ2n) is 5.38. The number of amides is 1. The molecule has 0 radical (unpaired) electrons. The van der Waals surface area contributed by atoms with Crippen LogP contribution in [-0.2, 0) is 14.3 Å². The quantitative estimate of drug-likeness (QED) is 0.759. The second kappa shape index (κ2) is 4.97. The molecule has 2 rings (SSSR count). The Balaban J connectivity index is 1.75. The van der Waals surface area contributed by atoms with E-state index >= 15 is 0 Å². The van der Waals surface area contributed by atoms with Gasteiger partial charge in [0.2, 0.25) is 0 Å². The lowest BCUT2D eigenvalue weighted by Crippen LogP contribution is -2.46. The first-order valence-electron chi connectivity index (χ1n) is 6.45. The summed E-state index contributed by atoms with van der Waals surface area (Å²) >= 11 is 0. The lowest BCUT2D eigenvalue weighted by Gasteiger charge is -2.21. The lowest BCUT2D eigenvalue weighted by molar-refractivity contribution is -0.150. The number of ether oxygens (including phenoxy) is 1. The Morgan fingerprint density at radius 3 is 2.56 bits per heavy atom. The van der Waals surface area contributed by atoms with Crippen molar-refractivity contribution >= 4 is 11.9 Å². The highest BCUT2D eigenvalue weighted by Crippen LogP contribution is 2.38. The van der Waals surface area contributed by atoms with E-state index < -0.39 is 5.54 Å². The molecule has 18 heavy (non-hydrogen) atoms. The third-order valence-electron chi connectivity index (χ3n) is 3.81.